The molecule has 104 valence electrons. The zero-order valence-electron chi connectivity index (χ0n) is 9.53. The van der Waals surface area contributed by atoms with Crippen molar-refractivity contribution in [3.05, 3.63) is 0 Å². The number of carboxylic acids is 2. The van der Waals surface area contributed by atoms with Crippen molar-refractivity contribution < 1.29 is 24.6 Å². The fourth-order valence-corrected chi connectivity index (χ4v) is 3.34. The Bertz CT molecular complexity index is 328. The molecule has 0 radical (unpaired) electrons. The molecule has 0 saturated heterocycles. The van der Waals surface area contributed by atoms with Gasteiger partial charge >= 0.3 is 11.9 Å². The Morgan fingerprint density at radius 3 is 2.17 bits per heavy atom. The van der Waals surface area contributed by atoms with Crippen LogP contribution in [-0.2, 0) is 14.4 Å². The van der Waals surface area contributed by atoms with Gasteiger partial charge in [-0.2, -0.15) is 0 Å². The van der Waals surface area contributed by atoms with Gasteiger partial charge in [-0.25, -0.2) is 0 Å². The van der Waals surface area contributed by atoms with Gasteiger partial charge < -0.3 is 27.0 Å². The summed E-state index contributed by atoms with van der Waals surface area (Å²) in [7, 11) is 2.01. The van der Waals surface area contributed by atoms with E-state index in [9.17, 15) is 14.4 Å². The van der Waals surface area contributed by atoms with Crippen molar-refractivity contribution >= 4 is 39.4 Å². The highest BCUT2D eigenvalue weighted by molar-refractivity contribution is 8.77. The minimum atomic E-state index is -1.28. The second kappa shape index (κ2) is 8.19. The molecule has 10 heteroatoms. The quantitative estimate of drug-likeness (QED) is 0.270. The molecule has 0 aromatic rings. The number of carbonyl (C=O) groups is 3. The van der Waals surface area contributed by atoms with E-state index < -0.39 is 35.3 Å². The van der Waals surface area contributed by atoms with E-state index in [0.717, 1.165) is 21.6 Å². The predicted octanol–water partition coefficient (Wildman–Crippen LogP) is -1.35. The SMILES string of the molecule is CC(=O)NC(SSC[C@H](N)C(=O)O)[C@H](N)C(=O)O. The Kier molecular flexibility index (Phi) is 7.75. The topological polar surface area (TPSA) is 156 Å². The first-order valence-electron chi connectivity index (χ1n) is 4.77. The van der Waals surface area contributed by atoms with Gasteiger partial charge in [-0.15, -0.1) is 0 Å². The maximum absolute atomic E-state index is 10.9. The summed E-state index contributed by atoms with van der Waals surface area (Å²) in [6.45, 7) is 1.23. The number of hydrogen-bond donors (Lipinski definition) is 5. The van der Waals surface area contributed by atoms with Gasteiger partial charge in [-0.05, 0) is 0 Å². The molecule has 0 aromatic heterocycles. The van der Waals surface area contributed by atoms with Gasteiger partial charge in [-0.3, -0.25) is 14.4 Å². The molecular formula is C8H15N3O5S2. The van der Waals surface area contributed by atoms with Crippen LogP contribution in [0.5, 0.6) is 0 Å². The van der Waals surface area contributed by atoms with Crippen LogP contribution in [0.1, 0.15) is 6.92 Å². The second-order valence-corrected chi connectivity index (χ2v) is 5.86. The van der Waals surface area contributed by atoms with Gasteiger partial charge in [-0.1, -0.05) is 21.6 Å². The van der Waals surface area contributed by atoms with Crippen LogP contribution in [0.3, 0.4) is 0 Å². The first-order chi connectivity index (χ1) is 8.25. The summed E-state index contributed by atoms with van der Waals surface area (Å²) in [6.07, 6.45) is 0. The molecule has 0 saturated carbocycles. The fraction of sp³-hybridized carbons (Fsp3) is 0.625. The lowest BCUT2D eigenvalue weighted by atomic mass is 10.3. The van der Waals surface area contributed by atoms with Crippen LogP contribution in [0.15, 0.2) is 0 Å². The van der Waals surface area contributed by atoms with Crippen LogP contribution >= 0.6 is 21.6 Å². The number of nitrogens with two attached hydrogens (primary N) is 2. The summed E-state index contributed by atoms with van der Waals surface area (Å²) in [6, 6.07) is -2.34. The molecule has 0 heterocycles. The smallest absolute Gasteiger partial charge is 0.323 e. The molecule has 0 aromatic carbocycles. The van der Waals surface area contributed by atoms with E-state index in [4.69, 9.17) is 21.7 Å². The monoisotopic (exact) mass is 297 g/mol. The highest BCUT2D eigenvalue weighted by atomic mass is 33.1. The van der Waals surface area contributed by atoms with Crippen LogP contribution in [-0.4, -0.2) is 51.3 Å². The van der Waals surface area contributed by atoms with E-state index in [1.54, 1.807) is 0 Å². The summed E-state index contributed by atoms with van der Waals surface area (Å²) in [5.41, 5.74) is 10.7. The van der Waals surface area contributed by atoms with Gasteiger partial charge in [0.2, 0.25) is 5.91 Å². The molecule has 1 unspecified atom stereocenters. The molecular weight excluding hydrogens is 282 g/mol. The third kappa shape index (κ3) is 6.69. The summed E-state index contributed by atoms with van der Waals surface area (Å²) in [5.74, 6) is -2.76. The van der Waals surface area contributed by atoms with Crippen LogP contribution in [0, 0.1) is 0 Å². The summed E-state index contributed by atoms with van der Waals surface area (Å²) in [4.78, 5) is 32.1. The van der Waals surface area contributed by atoms with E-state index in [1.807, 2.05) is 0 Å². The Morgan fingerprint density at radius 2 is 1.78 bits per heavy atom. The number of nitrogens with one attached hydrogen (secondary N) is 1. The van der Waals surface area contributed by atoms with Crippen molar-refractivity contribution in [2.45, 2.75) is 24.4 Å². The third-order valence-electron chi connectivity index (χ3n) is 1.69. The molecule has 7 N–H and O–H groups in total. The number of amides is 1. The van der Waals surface area contributed by atoms with Crippen molar-refractivity contribution in [1.82, 2.24) is 5.32 Å². The average molecular weight is 297 g/mol. The van der Waals surface area contributed by atoms with E-state index in [-0.39, 0.29) is 5.75 Å². The molecule has 0 bridgehead atoms. The van der Waals surface area contributed by atoms with Crippen LogP contribution in [0.25, 0.3) is 0 Å². The summed E-state index contributed by atoms with van der Waals surface area (Å²) in [5, 5.41) is 18.8. The van der Waals surface area contributed by atoms with Gasteiger partial charge in [0, 0.05) is 12.7 Å². The second-order valence-electron chi connectivity index (χ2n) is 3.31. The lowest BCUT2D eigenvalue weighted by Crippen LogP contribution is -2.49. The molecule has 0 fully saturated rings. The van der Waals surface area contributed by atoms with E-state index in [0.29, 0.717) is 0 Å². The minimum absolute atomic E-state index is 0.0718. The Balaban J connectivity index is 4.29. The van der Waals surface area contributed by atoms with Gasteiger partial charge in [0.25, 0.3) is 0 Å². The van der Waals surface area contributed by atoms with Gasteiger partial charge in [0.15, 0.2) is 0 Å². The van der Waals surface area contributed by atoms with Crippen LogP contribution in [0.4, 0.5) is 0 Å². The lowest BCUT2D eigenvalue weighted by Gasteiger charge is -2.20. The fourth-order valence-electron chi connectivity index (χ4n) is 0.761. The van der Waals surface area contributed by atoms with Crippen LogP contribution in [0.2, 0.25) is 0 Å². The third-order valence-corrected chi connectivity index (χ3v) is 4.38. The highest BCUT2D eigenvalue weighted by Crippen LogP contribution is 2.27. The molecule has 0 aliphatic heterocycles. The first-order valence-corrected chi connectivity index (χ1v) is 7.16. The minimum Gasteiger partial charge on any atom is -0.480 e. The summed E-state index contributed by atoms with van der Waals surface area (Å²) < 4.78 is 0. The number of aliphatic carboxylic acids is 2. The zero-order chi connectivity index (χ0) is 14.3. The maximum atomic E-state index is 10.9. The molecule has 3 atom stereocenters. The molecule has 0 aliphatic carbocycles. The van der Waals surface area contributed by atoms with Gasteiger partial charge in [0.1, 0.15) is 17.5 Å². The Morgan fingerprint density at radius 1 is 1.22 bits per heavy atom. The van der Waals surface area contributed by atoms with Crippen molar-refractivity contribution in [3.63, 3.8) is 0 Å². The number of carbonyl (C=O) groups excluding carboxylic acids is 1. The highest BCUT2D eigenvalue weighted by Gasteiger charge is 2.26. The number of hydrogen-bond acceptors (Lipinski definition) is 7. The zero-order valence-corrected chi connectivity index (χ0v) is 11.2. The van der Waals surface area contributed by atoms with E-state index in [1.165, 1.54) is 6.92 Å². The maximum Gasteiger partial charge on any atom is 0.323 e. The van der Waals surface area contributed by atoms with Gasteiger partial charge in [0.05, 0.1) is 0 Å². The van der Waals surface area contributed by atoms with Crippen molar-refractivity contribution in [2.75, 3.05) is 5.75 Å². The van der Waals surface area contributed by atoms with Crippen molar-refractivity contribution in [1.29, 1.82) is 0 Å². The molecule has 0 rings (SSSR count). The average Bonchev–Trinajstić information content (AvgIpc) is 2.25. The molecule has 0 aliphatic rings. The normalized spacial score (nSPS) is 15.5. The molecule has 0 spiro atoms. The molecule has 18 heavy (non-hydrogen) atoms. The van der Waals surface area contributed by atoms with Crippen LogP contribution < -0.4 is 16.8 Å². The standard InChI is InChI=1S/C8H15N3O5S2/c1-3(12)11-6(5(10)8(15)16)18-17-2-4(9)7(13)14/h4-6H,2,9-10H2,1H3,(H,11,12)(H,13,14)(H,15,16)/t4-,5-,6?/m0/s1. The van der Waals surface area contributed by atoms with E-state index >= 15 is 0 Å². The van der Waals surface area contributed by atoms with Crippen molar-refractivity contribution in [2.24, 2.45) is 11.5 Å². The largest absolute Gasteiger partial charge is 0.480 e. The molecule has 8 nitrogen and oxygen atoms in total. The Hall–Kier alpha value is -0.970. The lowest BCUT2D eigenvalue weighted by molar-refractivity contribution is -0.139. The number of rotatable bonds is 8. The number of carboxylic acid groups (broad SMARTS) is 2. The molecule has 1 amide bonds. The summed E-state index contributed by atoms with van der Waals surface area (Å²) >= 11 is 0. The Labute approximate surface area is 111 Å². The first kappa shape index (κ1) is 17.0. The predicted molar refractivity (Wildman–Crippen MR) is 68.9 cm³/mol. The van der Waals surface area contributed by atoms with E-state index in [2.05, 4.69) is 5.32 Å². The van der Waals surface area contributed by atoms with Crippen molar-refractivity contribution in [3.8, 4) is 0 Å².